The van der Waals surface area contributed by atoms with Gasteiger partial charge in [-0.15, -0.1) is 0 Å². The van der Waals surface area contributed by atoms with Gasteiger partial charge in [-0.3, -0.25) is 0 Å². The molecule has 0 bridgehead atoms. The number of carbonyl (C=O) groups is 1. The van der Waals surface area contributed by atoms with Crippen LogP contribution in [0.25, 0.3) is 22.4 Å². The molecule has 21 heavy (non-hydrogen) atoms. The first-order chi connectivity index (χ1) is 9.84. The van der Waals surface area contributed by atoms with E-state index in [4.69, 9.17) is 9.52 Å². The van der Waals surface area contributed by atoms with Crippen LogP contribution in [0, 0.1) is 0 Å². The Kier molecular flexibility index (Phi) is 2.79. The van der Waals surface area contributed by atoms with Crippen LogP contribution in [-0.4, -0.2) is 16.1 Å². The van der Waals surface area contributed by atoms with Crippen LogP contribution >= 0.6 is 0 Å². The summed E-state index contributed by atoms with van der Waals surface area (Å²) in [5.41, 5.74) is -0.108. The first-order valence-corrected chi connectivity index (χ1v) is 5.88. The van der Waals surface area contributed by atoms with E-state index in [0.29, 0.717) is 16.7 Å². The van der Waals surface area contributed by atoms with Crippen molar-refractivity contribution in [3.05, 3.63) is 47.7 Å². The summed E-state index contributed by atoms with van der Waals surface area (Å²) >= 11 is 0. The number of fused-ring (bicyclic) bond motifs is 1. The average Bonchev–Trinajstić information content (AvgIpc) is 3.03. The predicted octanol–water partition coefficient (Wildman–Crippen LogP) is 4.14. The summed E-state index contributed by atoms with van der Waals surface area (Å²) in [6.45, 7) is 0. The number of aromatic carboxylic acids is 1. The minimum absolute atomic E-state index is 0.0264. The lowest BCUT2D eigenvalue weighted by Crippen LogP contribution is -2.03. The van der Waals surface area contributed by atoms with Crippen molar-refractivity contribution in [3.8, 4) is 11.5 Å². The van der Waals surface area contributed by atoms with Gasteiger partial charge in [-0.05, 0) is 36.4 Å². The van der Waals surface area contributed by atoms with Crippen LogP contribution in [0.5, 0.6) is 0 Å². The number of carboxylic acids is 1. The molecule has 3 rings (SSSR count). The van der Waals surface area contributed by atoms with Crippen molar-refractivity contribution in [2.24, 2.45) is 0 Å². The maximum atomic E-state index is 12.6. The second-order valence-corrected chi connectivity index (χ2v) is 4.45. The molecule has 4 nitrogen and oxygen atoms in total. The number of rotatable bonds is 2. The number of hydrogen-bond donors (Lipinski definition) is 2. The number of H-pyrrole nitrogens is 1. The van der Waals surface area contributed by atoms with Crippen molar-refractivity contribution in [3.63, 3.8) is 0 Å². The highest BCUT2D eigenvalue weighted by Crippen LogP contribution is 2.34. The van der Waals surface area contributed by atoms with Crippen molar-refractivity contribution in [1.29, 1.82) is 0 Å². The molecule has 0 unspecified atom stereocenters. The Morgan fingerprint density at radius 1 is 1.14 bits per heavy atom. The largest absolute Gasteiger partial charge is 0.477 e. The molecule has 0 saturated heterocycles. The van der Waals surface area contributed by atoms with E-state index in [1.165, 1.54) is 24.3 Å². The fourth-order valence-electron chi connectivity index (χ4n) is 2.02. The molecule has 108 valence electrons. The maximum absolute atomic E-state index is 12.6. The highest BCUT2D eigenvalue weighted by atomic mass is 19.4. The fourth-order valence-corrected chi connectivity index (χ4v) is 2.02. The number of nitrogens with one attached hydrogen (secondary N) is 1. The minimum Gasteiger partial charge on any atom is -0.477 e. The quantitative estimate of drug-likeness (QED) is 0.746. The Hall–Kier alpha value is -2.70. The zero-order valence-electron chi connectivity index (χ0n) is 10.4. The monoisotopic (exact) mass is 295 g/mol. The molecule has 1 aromatic carbocycles. The molecule has 2 N–H and O–H groups in total. The SMILES string of the molecule is O=C(O)c1ccc(-c2cc3cc(C(F)(F)F)ccc3o2)[nH]1. The molecule has 0 amide bonds. The van der Waals surface area contributed by atoms with Gasteiger partial charge >= 0.3 is 12.1 Å². The van der Waals surface area contributed by atoms with Gasteiger partial charge in [0, 0.05) is 5.39 Å². The predicted molar refractivity (Wildman–Crippen MR) is 68.0 cm³/mol. The van der Waals surface area contributed by atoms with E-state index in [-0.39, 0.29) is 11.5 Å². The van der Waals surface area contributed by atoms with Gasteiger partial charge in [0.2, 0.25) is 0 Å². The van der Waals surface area contributed by atoms with Gasteiger partial charge in [-0.1, -0.05) is 0 Å². The van der Waals surface area contributed by atoms with Crippen molar-refractivity contribution < 1.29 is 27.5 Å². The Morgan fingerprint density at radius 2 is 1.90 bits per heavy atom. The Balaban J connectivity index is 2.06. The lowest BCUT2D eigenvalue weighted by atomic mass is 10.1. The molecule has 0 saturated carbocycles. The van der Waals surface area contributed by atoms with Crippen molar-refractivity contribution in [2.75, 3.05) is 0 Å². The molecule has 0 atom stereocenters. The highest BCUT2D eigenvalue weighted by Gasteiger charge is 2.30. The van der Waals surface area contributed by atoms with E-state index in [2.05, 4.69) is 4.98 Å². The zero-order valence-corrected chi connectivity index (χ0v) is 10.4. The van der Waals surface area contributed by atoms with Gasteiger partial charge < -0.3 is 14.5 Å². The fraction of sp³-hybridized carbons (Fsp3) is 0.0714. The molecule has 7 heteroatoms. The van der Waals surface area contributed by atoms with Crippen LogP contribution < -0.4 is 0 Å². The Bertz CT molecular complexity index is 829. The standard InChI is InChI=1S/C14H8F3NO3/c15-14(16,17)8-1-4-11-7(5-8)6-12(21-11)9-2-3-10(18-9)13(19)20/h1-6,18H,(H,19,20). The summed E-state index contributed by atoms with van der Waals surface area (Å²) in [7, 11) is 0. The molecule has 0 radical (unpaired) electrons. The van der Waals surface area contributed by atoms with Crippen LogP contribution in [0.2, 0.25) is 0 Å². The van der Waals surface area contributed by atoms with Gasteiger partial charge in [0.05, 0.1) is 11.3 Å². The molecule has 0 aliphatic heterocycles. The van der Waals surface area contributed by atoms with Crippen molar-refractivity contribution in [2.45, 2.75) is 6.18 Å². The van der Waals surface area contributed by atoms with Crippen LogP contribution in [0.4, 0.5) is 13.2 Å². The molecule has 2 aromatic heterocycles. The van der Waals surface area contributed by atoms with E-state index in [1.54, 1.807) is 0 Å². The smallest absolute Gasteiger partial charge is 0.416 e. The minimum atomic E-state index is -4.42. The molecule has 0 fully saturated rings. The number of benzene rings is 1. The third-order valence-electron chi connectivity index (χ3n) is 3.03. The second kappa shape index (κ2) is 4.41. The topological polar surface area (TPSA) is 66.2 Å². The number of carboxylic acid groups (broad SMARTS) is 1. The van der Waals surface area contributed by atoms with E-state index >= 15 is 0 Å². The van der Waals surface area contributed by atoms with E-state index in [1.807, 2.05) is 0 Å². The van der Waals surface area contributed by atoms with E-state index in [0.717, 1.165) is 12.1 Å². The average molecular weight is 295 g/mol. The van der Waals surface area contributed by atoms with E-state index < -0.39 is 17.7 Å². The number of furan rings is 1. The van der Waals surface area contributed by atoms with Gasteiger partial charge in [0.25, 0.3) is 0 Å². The molecular formula is C14H8F3NO3. The van der Waals surface area contributed by atoms with Crippen molar-refractivity contribution >= 4 is 16.9 Å². The molecule has 2 heterocycles. The van der Waals surface area contributed by atoms with Crippen LogP contribution in [0.3, 0.4) is 0 Å². The molecular weight excluding hydrogens is 287 g/mol. The van der Waals surface area contributed by atoms with Crippen LogP contribution in [0.1, 0.15) is 16.1 Å². The summed E-state index contributed by atoms with van der Waals surface area (Å²) in [5, 5.41) is 9.12. The van der Waals surface area contributed by atoms with Crippen molar-refractivity contribution in [1.82, 2.24) is 4.98 Å². The van der Waals surface area contributed by atoms with Gasteiger partial charge in [-0.25, -0.2) is 4.79 Å². The number of alkyl halides is 3. The number of aromatic nitrogens is 1. The van der Waals surface area contributed by atoms with Gasteiger partial charge in [0.15, 0.2) is 5.76 Å². The third kappa shape index (κ3) is 2.37. The lowest BCUT2D eigenvalue weighted by molar-refractivity contribution is -0.137. The highest BCUT2D eigenvalue weighted by molar-refractivity contribution is 5.88. The Morgan fingerprint density at radius 3 is 2.52 bits per heavy atom. The molecule has 3 aromatic rings. The first-order valence-electron chi connectivity index (χ1n) is 5.88. The summed E-state index contributed by atoms with van der Waals surface area (Å²) in [4.78, 5) is 13.4. The van der Waals surface area contributed by atoms with E-state index in [9.17, 15) is 18.0 Å². The number of halogens is 3. The number of aromatic amines is 1. The maximum Gasteiger partial charge on any atom is 0.416 e. The molecule has 0 aliphatic rings. The summed E-state index contributed by atoms with van der Waals surface area (Å²) < 4.78 is 43.3. The lowest BCUT2D eigenvalue weighted by Gasteiger charge is -2.04. The summed E-state index contributed by atoms with van der Waals surface area (Å²) in [6, 6.07) is 7.44. The Labute approximate surface area is 115 Å². The summed E-state index contributed by atoms with van der Waals surface area (Å²) in [5.74, 6) is -0.853. The normalized spacial score (nSPS) is 12.0. The first kappa shape index (κ1) is 13.3. The van der Waals surface area contributed by atoms with Crippen LogP contribution in [0.15, 0.2) is 40.8 Å². The molecule has 0 spiro atoms. The summed E-state index contributed by atoms with van der Waals surface area (Å²) in [6.07, 6.45) is -4.42. The third-order valence-corrected chi connectivity index (χ3v) is 3.03. The van der Waals surface area contributed by atoms with Gasteiger partial charge in [0.1, 0.15) is 11.3 Å². The second-order valence-electron chi connectivity index (χ2n) is 4.45. The number of hydrogen-bond acceptors (Lipinski definition) is 2. The van der Waals surface area contributed by atoms with Gasteiger partial charge in [-0.2, -0.15) is 13.2 Å². The molecule has 0 aliphatic carbocycles. The zero-order chi connectivity index (χ0) is 15.2. The van der Waals surface area contributed by atoms with Crippen LogP contribution in [-0.2, 0) is 6.18 Å².